The Bertz CT molecular complexity index is 702. The van der Waals surface area contributed by atoms with Crippen molar-refractivity contribution in [2.75, 3.05) is 13.6 Å². The van der Waals surface area contributed by atoms with Gasteiger partial charge in [-0.25, -0.2) is 0 Å². The van der Waals surface area contributed by atoms with Crippen molar-refractivity contribution in [3.63, 3.8) is 0 Å². The van der Waals surface area contributed by atoms with E-state index >= 15 is 0 Å². The minimum absolute atomic E-state index is 0.0395. The lowest BCUT2D eigenvalue weighted by atomic mass is 10.1. The Morgan fingerprint density at radius 3 is 2.23 bits per heavy atom. The Kier molecular flexibility index (Phi) is 7.33. The molecule has 1 aromatic heterocycles. The number of likely N-dealkylation sites (N-methyl/N-ethyl adjacent to an activating group) is 1. The fourth-order valence-corrected chi connectivity index (χ4v) is 2.68. The van der Waals surface area contributed by atoms with E-state index in [2.05, 4.69) is 4.98 Å². The van der Waals surface area contributed by atoms with Crippen LogP contribution in [0.25, 0.3) is 0 Å². The number of carbonyl (C=O) groups excluding carboxylic acids is 2. The van der Waals surface area contributed by atoms with Gasteiger partial charge in [0.1, 0.15) is 6.42 Å². The van der Waals surface area contributed by atoms with E-state index in [1.807, 2.05) is 56.3 Å². The van der Waals surface area contributed by atoms with Crippen LogP contribution in [0.2, 0.25) is 0 Å². The fourth-order valence-electron chi connectivity index (χ4n) is 2.68. The van der Waals surface area contributed by atoms with E-state index in [0.717, 1.165) is 17.5 Å². The minimum Gasteiger partial charge on any atom is -0.345 e. The fraction of sp³-hybridized carbons (Fsp3) is 0.381. The summed E-state index contributed by atoms with van der Waals surface area (Å²) in [6.45, 7) is 5.04. The highest BCUT2D eigenvalue weighted by molar-refractivity contribution is 5.96. The van der Waals surface area contributed by atoms with Gasteiger partial charge in [0, 0.05) is 38.6 Å². The van der Waals surface area contributed by atoms with Gasteiger partial charge >= 0.3 is 0 Å². The van der Waals surface area contributed by atoms with Crippen LogP contribution in [0.5, 0.6) is 0 Å². The highest BCUT2D eigenvalue weighted by Crippen LogP contribution is 2.11. The topological polar surface area (TPSA) is 53.5 Å². The lowest BCUT2D eigenvalue weighted by Crippen LogP contribution is -2.40. The van der Waals surface area contributed by atoms with Crippen LogP contribution in [0.3, 0.4) is 0 Å². The second-order valence-electron chi connectivity index (χ2n) is 6.70. The second-order valence-corrected chi connectivity index (χ2v) is 6.70. The third-order valence-electron chi connectivity index (χ3n) is 4.35. The van der Waals surface area contributed by atoms with Crippen molar-refractivity contribution >= 4 is 11.8 Å². The number of nitrogens with zero attached hydrogens (tertiary/aromatic N) is 3. The molecule has 0 aliphatic heterocycles. The summed E-state index contributed by atoms with van der Waals surface area (Å²) in [5.74, 6) is -0.285. The van der Waals surface area contributed by atoms with Gasteiger partial charge < -0.3 is 9.80 Å². The molecule has 0 bridgehead atoms. The van der Waals surface area contributed by atoms with Crippen LogP contribution < -0.4 is 0 Å². The number of pyridine rings is 1. The molecule has 1 heterocycles. The molecule has 0 atom stereocenters. The van der Waals surface area contributed by atoms with Crippen molar-refractivity contribution in [1.82, 2.24) is 14.8 Å². The lowest BCUT2D eigenvalue weighted by Gasteiger charge is -2.27. The average molecular weight is 353 g/mol. The summed E-state index contributed by atoms with van der Waals surface area (Å²) in [6, 6.07) is 13.8. The Hall–Kier alpha value is -2.69. The maximum Gasteiger partial charge on any atom is 0.232 e. The second kappa shape index (κ2) is 9.70. The Morgan fingerprint density at radius 1 is 0.962 bits per heavy atom. The van der Waals surface area contributed by atoms with Crippen molar-refractivity contribution in [1.29, 1.82) is 0 Å². The zero-order chi connectivity index (χ0) is 18.9. The monoisotopic (exact) mass is 353 g/mol. The third kappa shape index (κ3) is 5.99. The molecule has 0 saturated heterocycles. The number of hydrogen-bond acceptors (Lipinski definition) is 3. The molecule has 138 valence electrons. The van der Waals surface area contributed by atoms with Crippen LogP contribution in [0, 0.1) is 0 Å². The smallest absolute Gasteiger partial charge is 0.232 e. The molecule has 0 aliphatic carbocycles. The van der Waals surface area contributed by atoms with E-state index in [4.69, 9.17) is 0 Å². The van der Waals surface area contributed by atoms with Crippen molar-refractivity contribution in [3.05, 3.63) is 66.0 Å². The standard InChI is InChI=1S/C21H27N3O2/c1-17(2)24(16-19-7-5-4-6-8-19)21(26)15-20(25)23(3)14-11-18-9-12-22-13-10-18/h4-10,12-13,17H,11,14-16H2,1-3H3. The Labute approximate surface area is 155 Å². The zero-order valence-corrected chi connectivity index (χ0v) is 15.8. The van der Waals surface area contributed by atoms with Crippen LogP contribution >= 0.6 is 0 Å². The van der Waals surface area contributed by atoms with E-state index in [1.165, 1.54) is 0 Å². The quantitative estimate of drug-likeness (QED) is 0.686. The van der Waals surface area contributed by atoms with E-state index in [9.17, 15) is 9.59 Å². The molecular weight excluding hydrogens is 326 g/mol. The van der Waals surface area contributed by atoms with Crippen molar-refractivity contribution in [2.24, 2.45) is 0 Å². The summed E-state index contributed by atoms with van der Waals surface area (Å²) < 4.78 is 0. The molecule has 0 N–H and O–H groups in total. The summed E-state index contributed by atoms with van der Waals surface area (Å²) >= 11 is 0. The normalized spacial score (nSPS) is 10.6. The average Bonchev–Trinajstić information content (AvgIpc) is 2.65. The van der Waals surface area contributed by atoms with E-state index in [-0.39, 0.29) is 24.3 Å². The highest BCUT2D eigenvalue weighted by Gasteiger charge is 2.22. The lowest BCUT2D eigenvalue weighted by molar-refractivity contribution is -0.141. The molecule has 0 saturated carbocycles. The number of hydrogen-bond donors (Lipinski definition) is 0. The predicted octanol–water partition coefficient (Wildman–Crippen LogP) is 2.91. The molecule has 5 heteroatoms. The van der Waals surface area contributed by atoms with Crippen molar-refractivity contribution < 1.29 is 9.59 Å². The number of rotatable bonds is 8. The molecule has 0 fully saturated rings. The summed E-state index contributed by atoms with van der Waals surface area (Å²) in [6.07, 6.45) is 4.13. The number of benzene rings is 1. The molecule has 26 heavy (non-hydrogen) atoms. The molecule has 2 rings (SSSR count). The molecule has 5 nitrogen and oxygen atoms in total. The minimum atomic E-state index is -0.150. The molecular formula is C21H27N3O2. The number of amides is 2. The van der Waals surface area contributed by atoms with Crippen LogP contribution in [-0.2, 0) is 22.6 Å². The van der Waals surface area contributed by atoms with Crippen molar-refractivity contribution in [3.8, 4) is 0 Å². The van der Waals surface area contributed by atoms with Gasteiger partial charge in [0.2, 0.25) is 11.8 Å². The van der Waals surface area contributed by atoms with Gasteiger partial charge in [0.25, 0.3) is 0 Å². The molecule has 0 spiro atoms. The van der Waals surface area contributed by atoms with Gasteiger partial charge in [-0.2, -0.15) is 0 Å². The first kappa shape index (κ1) is 19.6. The number of aromatic nitrogens is 1. The van der Waals surface area contributed by atoms with Gasteiger partial charge in [-0.3, -0.25) is 14.6 Å². The van der Waals surface area contributed by atoms with Crippen LogP contribution in [0.15, 0.2) is 54.9 Å². The van der Waals surface area contributed by atoms with Gasteiger partial charge in [-0.15, -0.1) is 0 Å². The van der Waals surface area contributed by atoms with E-state index in [0.29, 0.717) is 13.1 Å². The van der Waals surface area contributed by atoms with Gasteiger partial charge in [-0.05, 0) is 43.5 Å². The maximum absolute atomic E-state index is 12.6. The molecule has 0 unspecified atom stereocenters. The van der Waals surface area contributed by atoms with Gasteiger partial charge in [0.15, 0.2) is 0 Å². The molecule has 0 radical (unpaired) electrons. The summed E-state index contributed by atoms with van der Waals surface area (Å²) in [5, 5.41) is 0. The zero-order valence-electron chi connectivity index (χ0n) is 15.8. The Balaban J connectivity index is 1.89. The van der Waals surface area contributed by atoms with Gasteiger partial charge in [0.05, 0.1) is 0 Å². The SMILES string of the molecule is CC(C)N(Cc1ccccc1)C(=O)CC(=O)N(C)CCc1ccncc1. The molecule has 2 aromatic rings. The summed E-state index contributed by atoms with van der Waals surface area (Å²) in [4.78, 5) is 32.4. The molecule has 2 amide bonds. The van der Waals surface area contributed by atoms with Crippen LogP contribution in [0.1, 0.15) is 31.4 Å². The van der Waals surface area contributed by atoms with E-state index < -0.39 is 0 Å². The third-order valence-corrected chi connectivity index (χ3v) is 4.35. The van der Waals surface area contributed by atoms with Crippen LogP contribution in [0.4, 0.5) is 0 Å². The summed E-state index contributed by atoms with van der Waals surface area (Å²) in [7, 11) is 1.74. The number of carbonyl (C=O) groups is 2. The predicted molar refractivity (Wildman–Crippen MR) is 102 cm³/mol. The first-order valence-electron chi connectivity index (χ1n) is 8.93. The first-order valence-corrected chi connectivity index (χ1v) is 8.93. The van der Waals surface area contributed by atoms with Gasteiger partial charge in [-0.1, -0.05) is 30.3 Å². The largest absolute Gasteiger partial charge is 0.345 e. The summed E-state index contributed by atoms with van der Waals surface area (Å²) in [5.41, 5.74) is 2.19. The Morgan fingerprint density at radius 2 is 1.62 bits per heavy atom. The van der Waals surface area contributed by atoms with Crippen molar-refractivity contribution in [2.45, 2.75) is 39.3 Å². The molecule has 0 aliphatic rings. The van der Waals surface area contributed by atoms with E-state index in [1.54, 1.807) is 29.2 Å². The first-order chi connectivity index (χ1) is 12.5. The maximum atomic E-state index is 12.6. The van der Waals surface area contributed by atoms with Crippen LogP contribution in [-0.4, -0.2) is 46.2 Å². The molecule has 1 aromatic carbocycles. The highest BCUT2D eigenvalue weighted by atomic mass is 16.2.